The van der Waals surface area contributed by atoms with E-state index < -0.39 is 0 Å². The summed E-state index contributed by atoms with van der Waals surface area (Å²) in [7, 11) is 0. The van der Waals surface area contributed by atoms with Gasteiger partial charge in [0.1, 0.15) is 0 Å². The maximum Gasteiger partial charge on any atom is -0.0248 e. The number of rotatable bonds is 0. The molecule has 0 nitrogen and oxygen atoms in total. The highest BCUT2D eigenvalue weighted by molar-refractivity contribution is 5.32. The average Bonchev–Trinajstić information content (AvgIpc) is 2.19. The third-order valence-corrected chi connectivity index (χ3v) is 3.98. The fourth-order valence-corrected chi connectivity index (χ4v) is 2.63. The van der Waals surface area contributed by atoms with E-state index in [9.17, 15) is 0 Å². The average molecular weight is 202 g/mol. The molecule has 2 atom stereocenters. The van der Waals surface area contributed by atoms with Crippen LogP contribution < -0.4 is 0 Å². The minimum absolute atomic E-state index is 0.840. The normalized spacial score (nSPS) is 26.6. The van der Waals surface area contributed by atoms with E-state index in [1.54, 1.807) is 11.1 Å². The Kier molecular flexibility index (Phi) is 3.14. The lowest BCUT2D eigenvalue weighted by atomic mass is 9.81. The summed E-state index contributed by atoms with van der Waals surface area (Å²) in [6.07, 6.45) is 5.32. The van der Waals surface area contributed by atoms with Crippen molar-refractivity contribution in [2.75, 3.05) is 0 Å². The third kappa shape index (κ3) is 2.42. The Morgan fingerprint density at radius 2 is 1.87 bits per heavy atom. The molecule has 15 heavy (non-hydrogen) atoms. The summed E-state index contributed by atoms with van der Waals surface area (Å²) in [6.45, 7) is 7.01. The van der Waals surface area contributed by atoms with Crippen molar-refractivity contribution in [1.82, 2.24) is 0 Å². The second-order valence-electron chi connectivity index (χ2n) is 5.32. The first kappa shape index (κ1) is 10.7. The molecule has 0 N–H and O–H groups in total. The lowest BCUT2D eigenvalue weighted by Crippen LogP contribution is -2.15. The first-order chi connectivity index (χ1) is 7.16. The molecule has 0 bridgehead atoms. The number of fused-ring (bicyclic) bond motifs is 1. The van der Waals surface area contributed by atoms with Crippen LogP contribution in [0.3, 0.4) is 0 Å². The monoisotopic (exact) mass is 202 g/mol. The van der Waals surface area contributed by atoms with Gasteiger partial charge in [-0.15, -0.1) is 0 Å². The summed E-state index contributed by atoms with van der Waals surface area (Å²) < 4.78 is 0. The molecule has 1 aromatic rings. The molecule has 1 aliphatic carbocycles. The molecule has 0 radical (unpaired) electrons. The standard InChI is InChI=1S/C15H22/c1-11-7-8-15-10-13(3)12(2)5-4-6-14(15)9-11/h7-9,12-13H,4-6,10H2,1-3H3. The number of hydrogen-bond acceptors (Lipinski definition) is 0. The Bertz CT molecular complexity index is 338. The molecule has 0 fully saturated rings. The van der Waals surface area contributed by atoms with Gasteiger partial charge in [0.2, 0.25) is 0 Å². The predicted molar refractivity (Wildman–Crippen MR) is 66.1 cm³/mol. The van der Waals surface area contributed by atoms with Crippen molar-refractivity contribution < 1.29 is 0 Å². The minimum Gasteiger partial charge on any atom is -0.0622 e. The lowest BCUT2D eigenvalue weighted by molar-refractivity contribution is 0.346. The van der Waals surface area contributed by atoms with Crippen molar-refractivity contribution in [3.63, 3.8) is 0 Å². The highest BCUT2D eigenvalue weighted by Crippen LogP contribution is 2.28. The van der Waals surface area contributed by atoms with Gasteiger partial charge in [-0.25, -0.2) is 0 Å². The van der Waals surface area contributed by atoms with Gasteiger partial charge in [-0.3, -0.25) is 0 Å². The smallest absolute Gasteiger partial charge is 0.0248 e. The summed E-state index contributed by atoms with van der Waals surface area (Å²) in [4.78, 5) is 0. The van der Waals surface area contributed by atoms with Crippen LogP contribution in [0, 0.1) is 18.8 Å². The van der Waals surface area contributed by atoms with E-state index in [-0.39, 0.29) is 0 Å². The predicted octanol–water partition coefficient (Wildman–Crippen LogP) is 4.15. The van der Waals surface area contributed by atoms with E-state index in [0.717, 1.165) is 11.8 Å². The zero-order chi connectivity index (χ0) is 10.8. The van der Waals surface area contributed by atoms with Crippen molar-refractivity contribution >= 4 is 0 Å². The number of hydrogen-bond donors (Lipinski definition) is 0. The SMILES string of the molecule is Cc1ccc2c(c1)CCCC(C)C(C)C2. The molecule has 0 aliphatic heterocycles. The van der Waals surface area contributed by atoms with Crippen LogP contribution in [-0.2, 0) is 12.8 Å². The van der Waals surface area contributed by atoms with E-state index in [2.05, 4.69) is 39.0 Å². The molecule has 82 valence electrons. The second-order valence-corrected chi connectivity index (χ2v) is 5.32. The van der Waals surface area contributed by atoms with Crippen molar-refractivity contribution in [3.8, 4) is 0 Å². The van der Waals surface area contributed by atoms with Crippen LogP contribution in [0.5, 0.6) is 0 Å². The molecular weight excluding hydrogens is 180 g/mol. The fraction of sp³-hybridized carbons (Fsp3) is 0.600. The van der Waals surface area contributed by atoms with Gasteiger partial charge in [0.15, 0.2) is 0 Å². The molecule has 0 heteroatoms. The van der Waals surface area contributed by atoms with Gasteiger partial charge in [-0.2, -0.15) is 0 Å². The van der Waals surface area contributed by atoms with Crippen LogP contribution in [0.15, 0.2) is 18.2 Å². The lowest BCUT2D eigenvalue weighted by Gasteiger charge is -2.24. The number of benzene rings is 1. The Hall–Kier alpha value is -0.780. The molecule has 0 saturated carbocycles. The van der Waals surface area contributed by atoms with Crippen LogP contribution in [0.4, 0.5) is 0 Å². The maximum absolute atomic E-state index is 2.41. The molecule has 2 unspecified atom stereocenters. The molecule has 0 saturated heterocycles. The first-order valence-electron chi connectivity index (χ1n) is 6.25. The molecule has 0 aromatic heterocycles. The fourth-order valence-electron chi connectivity index (χ4n) is 2.63. The summed E-state index contributed by atoms with van der Waals surface area (Å²) in [5.74, 6) is 1.73. The third-order valence-electron chi connectivity index (χ3n) is 3.98. The molecule has 1 aromatic carbocycles. The molecular formula is C15H22. The molecule has 1 aliphatic rings. The van der Waals surface area contributed by atoms with E-state index in [4.69, 9.17) is 0 Å². The van der Waals surface area contributed by atoms with Crippen LogP contribution in [0.2, 0.25) is 0 Å². The molecule has 0 spiro atoms. The molecule has 0 amide bonds. The first-order valence-corrected chi connectivity index (χ1v) is 6.25. The van der Waals surface area contributed by atoms with Crippen LogP contribution in [0.25, 0.3) is 0 Å². The van der Waals surface area contributed by atoms with E-state index in [1.165, 1.54) is 31.2 Å². The summed E-state index contributed by atoms with van der Waals surface area (Å²) in [6, 6.07) is 7.00. The summed E-state index contributed by atoms with van der Waals surface area (Å²) in [5.41, 5.74) is 4.61. The summed E-state index contributed by atoms with van der Waals surface area (Å²) in [5, 5.41) is 0. The zero-order valence-electron chi connectivity index (χ0n) is 10.2. The van der Waals surface area contributed by atoms with Crippen molar-refractivity contribution in [2.24, 2.45) is 11.8 Å². The van der Waals surface area contributed by atoms with Crippen LogP contribution in [0.1, 0.15) is 43.4 Å². The largest absolute Gasteiger partial charge is 0.0622 e. The van der Waals surface area contributed by atoms with E-state index >= 15 is 0 Å². The molecule has 2 rings (SSSR count). The Labute approximate surface area is 93.7 Å². The van der Waals surface area contributed by atoms with E-state index in [0.29, 0.717) is 0 Å². The highest BCUT2D eigenvalue weighted by atomic mass is 14.2. The van der Waals surface area contributed by atoms with Gasteiger partial charge in [0.25, 0.3) is 0 Å². The highest BCUT2D eigenvalue weighted by Gasteiger charge is 2.17. The van der Waals surface area contributed by atoms with Gasteiger partial charge in [-0.1, -0.05) is 44.0 Å². The van der Waals surface area contributed by atoms with E-state index in [1.807, 2.05) is 0 Å². The van der Waals surface area contributed by atoms with Gasteiger partial charge < -0.3 is 0 Å². The Morgan fingerprint density at radius 3 is 2.67 bits per heavy atom. The van der Waals surface area contributed by atoms with Crippen LogP contribution >= 0.6 is 0 Å². The van der Waals surface area contributed by atoms with Gasteiger partial charge in [0.05, 0.1) is 0 Å². The topological polar surface area (TPSA) is 0 Å². The van der Waals surface area contributed by atoms with Crippen molar-refractivity contribution in [3.05, 3.63) is 34.9 Å². The Balaban J connectivity index is 2.29. The Morgan fingerprint density at radius 1 is 1.07 bits per heavy atom. The van der Waals surface area contributed by atoms with Gasteiger partial charge >= 0.3 is 0 Å². The maximum atomic E-state index is 2.41. The summed E-state index contributed by atoms with van der Waals surface area (Å²) >= 11 is 0. The minimum atomic E-state index is 0.840. The van der Waals surface area contributed by atoms with Crippen molar-refractivity contribution in [1.29, 1.82) is 0 Å². The second kappa shape index (κ2) is 4.38. The van der Waals surface area contributed by atoms with Crippen LogP contribution in [-0.4, -0.2) is 0 Å². The quantitative estimate of drug-likeness (QED) is 0.593. The van der Waals surface area contributed by atoms with Gasteiger partial charge in [0, 0.05) is 0 Å². The zero-order valence-corrected chi connectivity index (χ0v) is 10.2. The van der Waals surface area contributed by atoms with Crippen molar-refractivity contribution in [2.45, 2.75) is 46.5 Å². The van der Waals surface area contributed by atoms with Gasteiger partial charge in [-0.05, 0) is 49.1 Å². The number of aryl methyl sites for hydroxylation is 2. The molecule has 0 heterocycles.